The predicted octanol–water partition coefficient (Wildman–Crippen LogP) is 2.49. The summed E-state index contributed by atoms with van der Waals surface area (Å²) in [5, 5.41) is 9.30. The summed E-state index contributed by atoms with van der Waals surface area (Å²) < 4.78 is 11.3. The summed E-state index contributed by atoms with van der Waals surface area (Å²) in [7, 11) is 0. The first-order chi connectivity index (χ1) is 11.5. The summed E-state index contributed by atoms with van der Waals surface area (Å²) >= 11 is 0. The van der Waals surface area contributed by atoms with Gasteiger partial charge in [-0.2, -0.15) is 0 Å². The van der Waals surface area contributed by atoms with Gasteiger partial charge in [-0.15, -0.1) is 0 Å². The van der Waals surface area contributed by atoms with E-state index in [1.54, 1.807) is 4.90 Å². The van der Waals surface area contributed by atoms with Crippen LogP contribution in [0.5, 0.6) is 0 Å². The van der Waals surface area contributed by atoms with Crippen molar-refractivity contribution in [2.75, 3.05) is 19.7 Å². The molecule has 0 saturated carbocycles. The Balaban J connectivity index is 1.60. The molecule has 3 heterocycles. The van der Waals surface area contributed by atoms with Crippen LogP contribution in [0.3, 0.4) is 0 Å². The molecule has 0 spiro atoms. The number of amides is 1. The summed E-state index contributed by atoms with van der Waals surface area (Å²) in [6.07, 6.45) is 2.71. The Morgan fingerprint density at radius 2 is 2.00 bits per heavy atom. The Bertz CT molecular complexity index is 615. The number of ether oxygens (including phenoxy) is 1. The molecule has 6 heteroatoms. The van der Waals surface area contributed by atoms with Crippen LogP contribution in [0.2, 0.25) is 0 Å². The van der Waals surface area contributed by atoms with E-state index in [1.807, 2.05) is 19.9 Å². The topological polar surface area (TPSA) is 80.0 Å². The second-order valence-electron chi connectivity index (χ2n) is 6.77. The van der Waals surface area contributed by atoms with Crippen molar-refractivity contribution in [1.29, 1.82) is 0 Å². The van der Waals surface area contributed by atoms with Gasteiger partial charge in [0.25, 0.3) is 5.91 Å². The standard InChI is InChI=1S/C18H25NO5/c1-3-14-11(2)10-15(24-14)17(20)19-7-4-12(5-8-19)16-13(18(21)22)6-9-23-16/h10,12-13,16H,3-9H2,1-2H3,(H,21,22)/t13?,16-/m0/s1. The normalized spacial score (nSPS) is 25.2. The molecule has 132 valence electrons. The molecule has 1 N–H and O–H groups in total. The molecule has 2 aliphatic rings. The number of piperidine rings is 1. The molecule has 0 radical (unpaired) electrons. The third-order valence-electron chi connectivity index (χ3n) is 5.30. The number of carboxylic acids is 1. The fourth-order valence-corrected chi connectivity index (χ4v) is 3.90. The first-order valence-corrected chi connectivity index (χ1v) is 8.74. The molecule has 1 unspecified atom stereocenters. The van der Waals surface area contributed by atoms with Crippen molar-refractivity contribution < 1.29 is 23.8 Å². The van der Waals surface area contributed by atoms with Gasteiger partial charge in [0.1, 0.15) is 5.76 Å². The van der Waals surface area contributed by atoms with Gasteiger partial charge >= 0.3 is 5.97 Å². The first kappa shape index (κ1) is 17.0. The van der Waals surface area contributed by atoms with E-state index in [2.05, 4.69) is 0 Å². The van der Waals surface area contributed by atoms with Crippen molar-refractivity contribution in [1.82, 2.24) is 4.90 Å². The maximum absolute atomic E-state index is 12.6. The van der Waals surface area contributed by atoms with Gasteiger partial charge in [0, 0.05) is 26.1 Å². The number of nitrogens with zero attached hydrogens (tertiary/aromatic N) is 1. The molecule has 1 aromatic heterocycles. The van der Waals surface area contributed by atoms with Crippen LogP contribution in [-0.2, 0) is 16.0 Å². The molecule has 0 aromatic carbocycles. The van der Waals surface area contributed by atoms with Crippen molar-refractivity contribution in [3.05, 3.63) is 23.2 Å². The molecular formula is C18H25NO5. The third kappa shape index (κ3) is 3.20. The number of carbonyl (C=O) groups excluding carboxylic acids is 1. The highest BCUT2D eigenvalue weighted by molar-refractivity contribution is 5.91. The first-order valence-electron chi connectivity index (χ1n) is 8.74. The second-order valence-corrected chi connectivity index (χ2v) is 6.77. The van der Waals surface area contributed by atoms with Gasteiger partial charge < -0.3 is 19.2 Å². The SMILES string of the molecule is CCc1oc(C(=O)N2CCC([C@@H]3OCCC3C(=O)O)CC2)cc1C. The van der Waals surface area contributed by atoms with Gasteiger partial charge in [0.2, 0.25) is 0 Å². The largest absolute Gasteiger partial charge is 0.481 e. The van der Waals surface area contributed by atoms with E-state index < -0.39 is 11.9 Å². The molecule has 0 bridgehead atoms. The quantitative estimate of drug-likeness (QED) is 0.914. The number of aliphatic carboxylic acids is 1. The Kier molecular flexibility index (Phi) is 4.94. The third-order valence-corrected chi connectivity index (χ3v) is 5.30. The van der Waals surface area contributed by atoms with Gasteiger partial charge in [-0.25, -0.2) is 0 Å². The highest BCUT2D eigenvalue weighted by Gasteiger charge is 2.41. The van der Waals surface area contributed by atoms with E-state index in [9.17, 15) is 14.7 Å². The lowest BCUT2D eigenvalue weighted by Gasteiger charge is -2.35. The zero-order chi connectivity index (χ0) is 17.3. The van der Waals surface area contributed by atoms with Crippen LogP contribution < -0.4 is 0 Å². The van der Waals surface area contributed by atoms with Crippen molar-refractivity contribution in [3.63, 3.8) is 0 Å². The Hall–Kier alpha value is -1.82. The Morgan fingerprint density at radius 1 is 1.29 bits per heavy atom. The van der Waals surface area contributed by atoms with E-state index >= 15 is 0 Å². The molecule has 2 saturated heterocycles. The van der Waals surface area contributed by atoms with Crippen molar-refractivity contribution in [3.8, 4) is 0 Å². The molecular weight excluding hydrogens is 310 g/mol. The van der Waals surface area contributed by atoms with Gasteiger partial charge in [0.05, 0.1) is 12.0 Å². The molecule has 1 amide bonds. The highest BCUT2D eigenvalue weighted by Crippen LogP contribution is 2.33. The number of aryl methyl sites for hydroxylation is 2. The summed E-state index contributed by atoms with van der Waals surface area (Å²) in [5.41, 5.74) is 1.01. The minimum Gasteiger partial charge on any atom is -0.481 e. The van der Waals surface area contributed by atoms with E-state index in [-0.39, 0.29) is 17.9 Å². The minimum atomic E-state index is -0.769. The van der Waals surface area contributed by atoms with Gasteiger partial charge in [-0.05, 0) is 43.7 Å². The summed E-state index contributed by atoms with van der Waals surface area (Å²) in [4.78, 5) is 25.7. The monoisotopic (exact) mass is 335 g/mol. The van der Waals surface area contributed by atoms with Crippen LogP contribution in [0.15, 0.2) is 10.5 Å². The van der Waals surface area contributed by atoms with Crippen LogP contribution in [-0.4, -0.2) is 47.7 Å². The maximum atomic E-state index is 12.6. The number of carboxylic acid groups (broad SMARTS) is 1. The Morgan fingerprint density at radius 3 is 2.58 bits per heavy atom. The number of carbonyl (C=O) groups is 2. The van der Waals surface area contributed by atoms with Crippen molar-refractivity contribution >= 4 is 11.9 Å². The highest BCUT2D eigenvalue weighted by atomic mass is 16.5. The molecule has 0 aliphatic carbocycles. The fourth-order valence-electron chi connectivity index (χ4n) is 3.90. The molecule has 2 aliphatic heterocycles. The van der Waals surface area contributed by atoms with Crippen molar-refractivity contribution in [2.45, 2.75) is 45.6 Å². The average molecular weight is 335 g/mol. The van der Waals surface area contributed by atoms with Gasteiger partial charge in [-0.1, -0.05) is 6.92 Å². The van der Waals surface area contributed by atoms with Crippen molar-refractivity contribution in [2.24, 2.45) is 11.8 Å². The zero-order valence-electron chi connectivity index (χ0n) is 14.3. The lowest BCUT2D eigenvalue weighted by molar-refractivity contribution is -0.145. The second kappa shape index (κ2) is 6.97. The molecule has 1 aromatic rings. The van der Waals surface area contributed by atoms with Crippen LogP contribution in [0.25, 0.3) is 0 Å². The number of hydrogen-bond donors (Lipinski definition) is 1. The lowest BCUT2D eigenvalue weighted by atomic mass is 9.84. The van der Waals surface area contributed by atoms with E-state index in [0.717, 1.165) is 30.6 Å². The molecule has 3 rings (SSSR count). The van der Waals surface area contributed by atoms with Crippen LogP contribution in [0, 0.1) is 18.8 Å². The smallest absolute Gasteiger partial charge is 0.309 e. The maximum Gasteiger partial charge on any atom is 0.309 e. The van der Waals surface area contributed by atoms with Crippen LogP contribution in [0.4, 0.5) is 0 Å². The van der Waals surface area contributed by atoms with E-state index in [4.69, 9.17) is 9.15 Å². The lowest BCUT2D eigenvalue weighted by Crippen LogP contribution is -2.43. The fraction of sp³-hybridized carbons (Fsp3) is 0.667. The zero-order valence-corrected chi connectivity index (χ0v) is 14.3. The summed E-state index contributed by atoms with van der Waals surface area (Å²) in [5.74, 6) is 0.229. The van der Waals surface area contributed by atoms with Gasteiger partial charge in [-0.3, -0.25) is 9.59 Å². The molecule has 24 heavy (non-hydrogen) atoms. The number of likely N-dealkylation sites (tertiary alicyclic amines) is 1. The molecule has 6 nitrogen and oxygen atoms in total. The summed E-state index contributed by atoms with van der Waals surface area (Å²) in [6.45, 7) is 5.72. The number of rotatable bonds is 4. The molecule has 2 fully saturated rings. The van der Waals surface area contributed by atoms with E-state index in [1.165, 1.54) is 0 Å². The predicted molar refractivity (Wildman–Crippen MR) is 86.9 cm³/mol. The van der Waals surface area contributed by atoms with Gasteiger partial charge in [0.15, 0.2) is 5.76 Å². The number of hydrogen-bond acceptors (Lipinski definition) is 4. The van der Waals surface area contributed by atoms with Crippen LogP contribution in [0.1, 0.15) is 48.1 Å². The minimum absolute atomic E-state index is 0.0709. The Labute approximate surface area is 141 Å². The number of furan rings is 1. The van der Waals surface area contributed by atoms with Crippen LogP contribution >= 0.6 is 0 Å². The summed E-state index contributed by atoms with van der Waals surface area (Å²) in [6, 6.07) is 1.81. The molecule has 2 atom stereocenters. The van der Waals surface area contributed by atoms with E-state index in [0.29, 0.717) is 31.9 Å². The average Bonchev–Trinajstić information content (AvgIpc) is 3.21.